The summed E-state index contributed by atoms with van der Waals surface area (Å²) in [4.78, 5) is 25.9. The van der Waals surface area contributed by atoms with Gasteiger partial charge in [0, 0.05) is 30.8 Å². The van der Waals surface area contributed by atoms with E-state index in [-0.39, 0.29) is 36.7 Å². The number of likely N-dealkylation sites (tertiary alicyclic amines) is 1. The molecule has 0 radical (unpaired) electrons. The van der Waals surface area contributed by atoms with Crippen molar-refractivity contribution in [1.82, 2.24) is 10.2 Å². The van der Waals surface area contributed by atoms with E-state index in [9.17, 15) is 9.59 Å². The average Bonchev–Trinajstić information content (AvgIpc) is 3.33. The molecule has 6 nitrogen and oxygen atoms in total. The van der Waals surface area contributed by atoms with Crippen LogP contribution in [0.2, 0.25) is 0 Å². The summed E-state index contributed by atoms with van der Waals surface area (Å²) in [6.07, 6.45) is 2.98. The molecule has 2 N–H and O–H groups in total. The van der Waals surface area contributed by atoms with E-state index in [4.69, 9.17) is 4.74 Å². The maximum atomic E-state index is 12.2. The summed E-state index contributed by atoms with van der Waals surface area (Å²) in [7, 11) is 1.93. The van der Waals surface area contributed by atoms with Crippen LogP contribution in [0.25, 0.3) is 0 Å². The standard InChI is InChI=1S/C18H25N3O3.ClH/c1-19-10-13-7-8-21(11-13)17(22)12-24-16-4-2-3-15(9-16)20-18(23)14-5-6-14;/h2-4,9,13-14,19H,5-8,10-12H2,1H3,(H,20,23);1H. The van der Waals surface area contributed by atoms with Gasteiger partial charge >= 0.3 is 0 Å². The van der Waals surface area contributed by atoms with E-state index >= 15 is 0 Å². The second kappa shape index (κ2) is 9.06. The molecule has 1 aromatic carbocycles. The Bertz CT molecular complexity index is 607. The smallest absolute Gasteiger partial charge is 0.260 e. The fourth-order valence-corrected chi connectivity index (χ4v) is 3.00. The number of hydrogen-bond acceptors (Lipinski definition) is 4. The van der Waals surface area contributed by atoms with E-state index in [0.29, 0.717) is 17.4 Å². The molecule has 7 heteroatoms. The zero-order valence-electron chi connectivity index (χ0n) is 14.5. The van der Waals surface area contributed by atoms with Crippen molar-refractivity contribution in [2.75, 3.05) is 38.6 Å². The first-order chi connectivity index (χ1) is 11.7. The number of nitrogens with one attached hydrogen (secondary N) is 2. The molecule has 3 rings (SSSR count). The second-order valence-electron chi connectivity index (χ2n) is 6.63. The van der Waals surface area contributed by atoms with Crippen LogP contribution < -0.4 is 15.4 Å². The van der Waals surface area contributed by atoms with Crippen LogP contribution in [0.1, 0.15) is 19.3 Å². The molecule has 1 aliphatic heterocycles. The van der Waals surface area contributed by atoms with Crippen LogP contribution in [0.4, 0.5) is 5.69 Å². The van der Waals surface area contributed by atoms with Gasteiger partial charge in [0.1, 0.15) is 5.75 Å². The molecule has 138 valence electrons. The quantitative estimate of drug-likeness (QED) is 0.772. The number of benzene rings is 1. The van der Waals surface area contributed by atoms with Crippen molar-refractivity contribution in [2.45, 2.75) is 19.3 Å². The second-order valence-corrected chi connectivity index (χ2v) is 6.63. The Balaban J connectivity index is 0.00000225. The summed E-state index contributed by atoms with van der Waals surface area (Å²) in [5.74, 6) is 1.37. The average molecular weight is 368 g/mol. The van der Waals surface area contributed by atoms with Crippen LogP contribution >= 0.6 is 12.4 Å². The van der Waals surface area contributed by atoms with Gasteiger partial charge in [0.2, 0.25) is 5.91 Å². The molecule has 1 unspecified atom stereocenters. The molecular weight excluding hydrogens is 342 g/mol. The number of carbonyl (C=O) groups is 2. The Labute approximate surface area is 154 Å². The van der Waals surface area contributed by atoms with Crippen LogP contribution in [0.5, 0.6) is 5.75 Å². The maximum absolute atomic E-state index is 12.2. The van der Waals surface area contributed by atoms with Crippen molar-refractivity contribution in [1.29, 1.82) is 0 Å². The van der Waals surface area contributed by atoms with Crippen LogP contribution in [-0.4, -0.2) is 50.0 Å². The third-order valence-electron chi connectivity index (χ3n) is 4.54. The topological polar surface area (TPSA) is 70.7 Å². The summed E-state index contributed by atoms with van der Waals surface area (Å²) < 4.78 is 5.62. The van der Waals surface area contributed by atoms with Crippen molar-refractivity contribution >= 4 is 29.9 Å². The van der Waals surface area contributed by atoms with Gasteiger partial charge in [-0.05, 0) is 50.9 Å². The van der Waals surface area contributed by atoms with E-state index < -0.39 is 0 Å². The highest BCUT2D eigenvalue weighted by Gasteiger charge is 2.29. The lowest BCUT2D eigenvalue weighted by molar-refractivity contribution is -0.132. The molecule has 2 aliphatic rings. The van der Waals surface area contributed by atoms with E-state index in [2.05, 4.69) is 10.6 Å². The minimum atomic E-state index is 0. The summed E-state index contributed by atoms with van der Waals surface area (Å²) in [6.45, 7) is 2.56. The minimum Gasteiger partial charge on any atom is -0.484 e. The first kappa shape index (κ1) is 19.5. The van der Waals surface area contributed by atoms with Gasteiger partial charge in [-0.1, -0.05) is 6.07 Å². The van der Waals surface area contributed by atoms with Gasteiger partial charge in [-0.3, -0.25) is 9.59 Å². The third-order valence-corrected chi connectivity index (χ3v) is 4.54. The molecule has 1 aliphatic carbocycles. The highest BCUT2D eigenvalue weighted by molar-refractivity contribution is 5.94. The minimum absolute atomic E-state index is 0. The van der Waals surface area contributed by atoms with Crippen LogP contribution in [-0.2, 0) is 9.59 Å². The first-order valence-electron chi connectivity index (χ1n) is 8.62. The Morgan fingerprint density at radius 1 is 1.28 bits per heavy atom. The molecule has 2 amide bonds. The number of nitrogens with zero attached hydrogens (tertiary/aromatic N) is 1. The zero-order valence-corrected chi connectivity index (χ0v) is 15.3. The van der Waals surface area contributed by atoms with Crippen LogP contribution in [0, 0.1) is 11.8 Å². The SMILES string of the molecule is CNCC1CCN(C(=O)COc2cccc(NC(=O)C3CC3)c2)C1.Cl. The maximum Gasteiger partial charge on any atom is 0.260 e. The largest absolute Gasteiger partial charge is 0.484 e. The summed E-state index contributed by atoms with van der Waals surface area (Å²) in [5, 5.41) is 6.04. The number of carbonyl (C=O) groups excluding carboxylic acids is 2. The lowest BCUT2D eigenvalue weighted by Gasteiger charge is -2.17. The van der Waals surface area contributed by atoms with Gasteiger partial charge in [-0.15, -0.1) is 12.4 Å². The fourth-order valence-electron chi connectivity index (χ4n) is 3.00. The summed E-state index contributed by atoms with van der Waals surface area (Å²) in [6, 6.07) is 7.22. The highest BCUT2D eigenvalue weighted by atomic mass is 35.5. The van der Waals surface area contributed by atoms with Crippen molar-refractivity contribution in [3.8, 4) is 5.75 Å². The van der Waals surface area contributed by atoms with Crippen LogP contribution in [0.15, 0.2) is 24.3 Å². The number of hydrogen-bond donors (Lipinski definition) is 2. The molecule has 1 saturated heterocycles. The molecule has 1 aromatic rings. The Kier molecular flexibility index (Phi) is 7.08. The normalized spacial score (nSPS) is 19.2. The highest BCUT2D eigenvalue weighted by Crippen LogP contribution is 2.30. The Morgan fingerprint density at radius 2 is 2.08 bits per heavy atom. The summed E-state index contributed by atoms with van der Waals surface area (Å²) >= 11 is 0. The third kappa shape index (κ3) is 5.61. The molecule has 25 heavy (non-hydrogen) atoms. The van der Waals surface area contributed by atoms with E-state index in [1.54, 1.807) is 12.1 Å². The molecule has 0 bridgehead atoms. The lowest BCUT2D eigenvalue weighted by Crippen LogP contribution is -2.34. The zero-order chi connectivity index (χ0) is 16.9. The van der Waals surface area contributed by atoms with Gasteiger partial charge < -0.3 is 20.3 Å². The van der Waals surface area contributed by atoms with Crippen LogP contribution in [0.3, 0.4) is 0 Å². The van der Waals surface area contributed by atoms with Crippen molar-refractivity contribution in [3.63, 3.8) is 0 Å². The van der Waals surface area contributed by atoms with E-state index in [1.807, 2.05) is 24.1 Å². The van der Waals surface area contributed by atoms with Crippen molar-refractivity contribution < 1.29 is 14.3 Å². The van der Waals surface area contributed by atoms with E-state index in [0.717, 1.165) is 38.9 Å². The first-order valence-corrected chi connectivity index (χ1v) is 8.62. The van der Waals surface area contributed by atoms with Gasteiger partial charge in [0.25, 0.3) is 5.91 Å². The molecule has 2 fully saturated rings. The predicted molar refractivity (Wildman–Crippen MR) is 99.2 cm³/mol. The molecule has 1 atom stereocenters. The van der Waals surface area contributed by atoms with E-state index in [1.165, 1.54) is 0 Å². The molecule has 1 heterocycles. The fraction of sp³-hybridized carbons (Fsp3) is 0.556. The van der Waals surface area contributed by atoms with Gasteiger partial charge in [-0.2, -0.15) is 0 Å². The van der Waals surface area contributed by atoms with Gasteiger partial charge in [0.15, 0.2) is 6.61 Å². The molecular formula is C18H26ClN3O3. The number of halogens is 1. The van der Waals surface area contributed by atoms with Crippen molar-refractivity contribution in [3.05, 3.63) is 24.3 Å². The summed E-state index contributed by atoms with van der Waals surface area (Å²) in [5.41, 5.74) is 0.715. The number of anilines is 1. The molecule has 0 spiro atoms. The predicted octanol–water partition coefficient (Wildman–Crippen LogP) is 1.90. The number of rotatable bonds is 7. The van der Waals surface area contributed by atoms with Gasteiger partial charge in [0.05, 0.1) is 0 Å². The van der Waals surface area contributed by atoms with Crippen molar-refractivity contribution in [2.24, 2.45) is 11.8 Å². The number of ether oxygens (including phenoxy) is 1. The Hall–Kier alpha value is -1.79. The molecule has 1 saturated carbocycles. The molecule has 0 aromatic heterocycles. The number of amides is 2. The lowest BCUT2D eigenvalue weighted by atomic mass is 10.1. The van der Waals surface area contributed by atoms with Gasteiger partial charge in [-0.25, -0.2) is 0 Å². The Morgan fingerprint density at radius 3 is 2.80 bits per heavy atom. The monoisotopic (exact) mass is 367 g/mol.